The molecule has 160 valence electrons. The number of nitrogens with one attached hydrogen (secondary N) is 1. The molecule has 3 rings (SSSR count). The Balaban J connectivity index is 1.68. The Kier molecular flexibility index (Phi) is 7.21. The predicted octanol–water partition coefficient (Wildman–Crippen LogP) is 5.68. The lowest BCUT2D eigenvalue weighted by atomic mass is 10.1. The molecule has 7 nitrogen and oxygen atoms in total. The summed E-state index contributed by atoms with van der Waals surface area (Å²) in [6, 6.07) is 20.3. The lowest BCUT2D eigenvalue weighted by Gasteiger charge is -2.08. The van der Waals surface area contributed by atoms with E-state index in [-0.39, 0.29) is 16.9 Å². The molecule has 0 spiro atoms. The van der Waals surface area contributed by atoms with E-state index in [1.165, 1.54) is 24.3 Å². The van der Waals surface area contributed by atoms with Crippen molar-refractivity contribution >= 4 is 35.0 Å². The van der Waals surface area contributed by atoms with Crippen molar-refractivity contribution in [1.82, 2.24) is 0 Å². The van der Waals surface area contributed by atoms with Crippen LogP contribution in [0, 0.1) is 28.4 Å². The number of rotatable bonds is 7. The Labute approximate surface area is 189 Å². The van der Waals surface area contributed by atoms with Gasteiger partial charge in [0, 0.05) is 17.2 Å². The molecule has 0 saturated carbocycles. The van der Waals surface area contributed by atoms with Crippen LogP contribution in [0.3, 0.4) is 0 Å². The first-order chi connectivity index (χ1) is 15.4. The van der Waals surface area contributed by atoms with Gasteiger partial charge in [0.25, 0.3) is 11.6 Å². The average molecular weight is 448 g/mol. The molecule has 0 aliphatic carbocycles. The molecule has 0 bridgehead atoms. The van der Waals surface area contributed by atoms with E-state index in [0.29, 0.717) is 28.5 Å². The summed E-state index contributed by atoms with van der Waals surface area (Å²) in [6.07, 6.45) is 1.44. The maximum absolute atomic E-state index is 12.5. The number of non-ortho nitro benzene ring substituents is 1. The summed E-state index contributed by atoms with van der Waals surface area (Å²) in [4.78, 5) is 22.9. The van der Waals surface area contributed by atoms with E-state index in [0.717, 1.165) is 5.56 Å². The number of nitrogens with zero attached hydrogens (tertiary/aromatic N) is 2. The summed E-state index contributed by atoms with van der Waals surface area (Å²) >= 11 is 5.87. The zero-order chi connectivity index (χ0) is 23.1. The van der Waals surface area contributed by atoms with Gasteiger partial charge >= 0.3 is 0 Å². The molecule has 0 aliphatic rings. The number of hydrogen-bond donors (Lipinski definition) is 1. The van der Waals surface area contributed by atoms with Crippen LogP contribution in [0.2, 0.25) is 5.02 Å². The second kappa shape index (κ2) is 10.2. The van der Waals surface area contributed by atoms with Gasteiger partial charge in [-0.05, 0) is 54.0 Å². The number of anilines is 1. The molecule has 0 aliphatic heterocycles. The highest BCUT2D eigenvalue weighted by molar-refractivity contribution is 6.30. The average Bonchev–Trinajstić information content (AvgIpc) is 2.79. The first kappa shape index (κ1) is 22.5. The second-order valence-corrected chi connectivity index (χ2v) is 7.30. The molecule has 0 unspecified atom stereocenters. The first-order valence-electron chi connectivity index (χ1n) is 9.51. The van der Waals surface area contributed by atoms with Crippen molar-refractivity contribution in [2.24, 2.45) is 0 Å². The molecule has 3 aromatic rings. The van der Waals surface area contributed by atoms with Gasteiger partial charge in [0.1, 0.15) is 24.0 Å². The van der Waals surface area contributed by atoms with Crippen LogP contribution in [0.25, 0.3) is 6.08 Å². The number of nitriles is 1. The molecule has 0 aromatic heterocycles. The van der Waals surface area contributed by atoms with Gasteiger partial charge in [-0.25, -0.2) is 0 Å². The Morgan fingerprint density at radius 1 is 1.16 bits per heavy atom. The number of carbonyl (C=O) groups excluding carboxylic acids is 1. The van der Waals surface area contributed by atoms with Gasteiger partial charge in [-0.15, -0.1) is 0 Å². The highest BCUT2D eigenvalue weighted by Gasteiger charge is 2.14. The minimum atomic E-state index is -0.654. The molecule has 0 radical (unpaired) electrons. The third-order valence-electron chi connectivity index (χ3n) is 4.56. The fourth-order valence-corrected chi connectivity index (χ4v) is 2.90. The van der Waals surface area contributed by atoms with E-state index in [4.69, 9.17) is 16.3 Å². The molecule has 0 fully saturated rings. The predicted molar refractivity (Wildman–Crippen MR) is 122 cm³/mol. The van der Waals surface area contributed by atoms with Crippen molar-refractivity contribution in [3.8, 4) is 11.8 Å². The minimum Gasteiger partial charge on any atom is -0.489 e. The molecular weight excluding hydrogens is 430 g/mol. The Morgan fingerprint density at radius 2 is 1.84 bits per heavy atom. The van der Waals surface area contributed by atoms with Crippen molar-refractivity contribution in [2.45, 2.75) is 13.5 Å². The summed E-state index contributed by atoms with van der Waals surface area (Å²) in [6.45, 7) is 2.08. The van der Waals surface area contributed by atoms with Gasteiger partial charge in [-0.3, -0.25) is 14.9 Å². The van der Waals surface area contributed by atoms with Crippen LogP contribution < -0.4 is 10.1 Å². The SMILES string of the molecule is Cc1ccc([N+](=O)[O-])cc1NC(=O)/C(C#N)=C/c1ccc(OCc2ccc(Cl)cc2)cc1. The third-order valence-corrected chi connectivity index (χ3v) is 4.81. The molecule has 0 saturated heterocycles. The van der Waals surface area contributed by atoms with E-state index in [2.05, 4.69) is 5.32 Å². The molecule has 0 heterocycles. The van der Waals surface area contributed by atoms with Crippen LogP contribution in [0.15, 0.2) is 72.3 Å². The number of amides is 1. The highest BCUT2D eigenvalue weighted by Crippen LogP contribution is 2.23. The number of halogens is 1. The quantitative estimate of drug-likeness (QED) is 0.217. The van der Waals surface area contributed by atoms with Gasteiger partial charge < -0.3 is 10.1 Å². The van der Waals surface area contributed by atoms with Crippen LogP contribution in [-0.4, -0.2) is 10.8 Å². The lowest BCUT2D eigenvalue weighted by Crippen LogP contribution is -2.14. The van der Waals surface area contributed by atoms with Crippen molar-refractivity contribution in [1.29, 1.82) is 5.26 Å². The Bertz CT molecular complexity index is 1210. The Morgan fingerprint density at radius 3 is 2.47 bits per heavy atom. The topological polar surface area (TPSA) is 105 Å². The molecule has 1 N–H and O–H groups in total. The molecule has 3 aromatic carbocycles. The monoisotopic (exact) mass is 447 g/mol. The number of nitro benzene ring substituents is 1. The van der Waals surface area contributed by atoms with Gasteiger partial charge in [0.2, 0.25) is 0 Å². The fourth-order valence-electron chi connectivity index (χ4n) is 2.77. The van der Waals surface area contributed by atoms with E-state index < -0.39 is 10.8 Å². The van der Waals surface area contributed by atoms with Crippen LogP contribution in [-0.2, 0) is 11.4 Å². The summed E-state index contributed by atoms with van der Waals surface area (Å²) < 4.78 is 5.73. The largest absolute Gasteiger partial charge is 0.489 e. The van der Waals surface area contributed by atoms with E-state index in [1.807, 2.05) is 18.2 Å². The van der Waals surface area contributed by atoms with Gasteiger partial charge in [0.05, 0.1) is 10.6 Å². The molecular formula is C24H18ClN3O4. The van der Waals surface area contributed by atoms with Crippen molar-refractivity contribution in [3.63, 3.8) is 0 Å². The lowest BCUT2D eigenvalue weighted by molar-refractivity contribution is -0.384. The van der Waals surface area contributed by atoms with E-state index >= 15 is 0 Å². The van der Waals surface area contributed by atoms with Gasteiger partial charge in [-0.1, -0.05) is 41.9 Å². The van der Waals surface area contributed by atoms with Gasteiger partial charge in [-0.2, -0.15) is 5.26 Å². The van der Waals surface area contributed by atoms with E-state index in [9.17, 15) is 20.2 Å². The van der Waals surface area contributed by atoms with Crippen molar-refractivity contribution in [2.75, 3.05) is 5.32 Å². The number of aryl methyl sites for hydroxylation is 1. The summed E-state index contributed by atoms with van der Waals surface area (Å²) in [5.41, 5.74) is 2.23. The maximum atomic E-state index is 12.5. The number of ether oxygens (including phenoxy) is 1. The Hall–Kier alpha value is -4.15. The normalized spacial score (nSPS) is 10.8. The maximum Gasteiger partial charge on any atom is 0.271 e. The van der Waals surface area contributed by atoms with Gasteiger partial charge in [0.15, 0.2) is 0 Å². The van der Waals surface area contributed by atoms with E-state index in [1.54, 1.807) is 43.3 Å². The number of benzene rings is 3. The van der Waals surface area contributed by atoms with Crippen molar-refractivity contribution < 1.29 is 14.5 Å². The molecule has 8 heteroatoms. The number of nitro groups is 1. The first-order valence-corrected chi connectivity index (χ1v) is 9.89. The van der Waals surface area contributed by atoms with Crippen LogP contribution in [0.1, 0.15) is 16.7 Å². The third kappa shape index (κ3) is 5.94. The summed E-state index contributed by atoms with van der Waals surface area (Å²) in [7, 11) is 0. The standard InChI is InChI=1S/C24H18ClN3O4/c1-16-2-9-21(28(30)31)13-23(16)27-24(29)19(14-26)12-17-5-10-22(11-6-17)32-15-18-3-7-20(25)8-4-18/h2-13H,15H2,1H3,(H,27,29)/b19-12+. The number of carbonyl (C=O) groups is 1. The fraction of sp³-hybridized carbons (Fsp3) is 0.0833. The number of hydrogen-bond acceptors (Lipinski definition) is 5. The molecule has 1 amide bonds. The zero-order valence-electron chi connectivity index (χ0n) is 17.0. The van der Waals surface area contributed by atoms with Crippen LogP contribution >= 0.6 is 11.6 Å². The highest BCUT2D eigenvalue weighted by atomic mass is 35.5. The smallest absolute Gasteiger partial charge is 0.271 e. The summed E-state index contributed by atoms with van der Waals surface area (Å²) in [5.74, 6) is -0.0218. The zero-order valence-corrected chi connectivity index (χ0v) is 17.8. The van der Waals surface area contributed by atoms with Crippen molar-refractivity contribution in [3.05, 3.63) is 104 Å². The summed E-state index contributed by atoms with van der Waals surface area (Å²) in [5, 5.41) is 23.6. The van der Waals surface area contributed by atoms with Crippen LogP contribution in [0.5, 0.6) is 5.75 Å². The van der Waals surface area contributed by atoms with Crippen LogP contribution in [0.4, 0.5) is 11.4 Å². The second-order valence-electron chi connectivity index (χ2n) is 6.86. The minimum absolute atomic E-state index is 0.134. The molecule has 32 heavy (non-hydrogen) atoms. The molecule has 0 atom stereocenters.